The Kier molecular flexibility index (Phi) is 3.31. The van der Waals surface area contributed by atoms with E-state index in [0.717, 1.165) is 11.3 Å². The van der Waals surface area contributed by atoms with Crippen LogP contribution in [0.2, 0.25) is 0 Å². The van der Waals surface area contributed by atoms with E-state index >= 15 is 0 Å². The predicted molar refractivity (Wildman–Crippen MR) is 51.2 cm³/mol. The largest absolute Gasteiger partial charge is 0.469 e. The molecule has 0 spiro atoms. The molecule has 2 N–H and O–H groups in total. The van der Waals surface area contributed by atoms with Crippen LogP contribution in [0.25, 0.3) is 0 Å². The number of rotatable bonds is 3. The molecule has 3 heteroatoms. The van der Waals surface area contributed by atoms with Gasteiger partial charge in [-0.25, -0.2) is 0 Å². The molecule has 1 aromatic carbocycles. The molecule has 0 aliphatic carbocycles. The maximum absolute atomic E-state index is 10.8. The van der Waals surface area contributed by atoms with E-state index in [2.05, 4.69) is 4.74 Å². The van der Waals surface area contributed by atoms with Crippen LogP contribution in [0.1, 0.15) is 12.0 Å². The van der Waals surface area contributed by atoms with Crippen LogP contribution in [0.4, 0.5) is 5.69 Å². The third-order valence-corrected chi connectivity index (χ3v) is 1.80. The van der Waals surface area contributed by atoms with Gasteiger partial charge in [0.25, 0.3) is 0 Å². The highest BCUT2D eigenvalue weighted by Gasteiger charge is 2.00. The second-order valence-electron chi connectivity index (χ2n) is 2.82. The van der Waals surface area contributed by atoms with Gasteiger partial charge in [-0.1, -0.05) is 12.1 Å². The Hall–Kier alpha value is -1.51. The topological polar surface area (TPSA) is 52.3 Å². The lowest BCUT2D eigenvalue weighted by Gasteiger charge is -2.01. The van der Waals surface area contributed by atoms with E-state index in [1.54, 1.807) is 0 Å². The molecule has 0 aliphatic rings. The number of hydrogen-bond acceptors (Lipinski definition) is 3. The average molecular weight is 179 g/mol. The Labute approximate surface area is 77.5 Å². The highest BCUT2D eigenvalue weighted by molar-refractivity contribution is 5.69. The zero-order valence-corrected chi connectivity index (χ0v) is 7.62. The molecule has 0 aromatic heterocycles. The summed E-state index contributed by atoms with van der Waals surface area (Å²) < 4.78 is 4.53. The van der Waals surface area contributed by atoms with Crippen molar-refractivity contribution in [1.29, 1.82) is 0 Å². The normalized spacial score (nSPS) is 9.62. The molecule has 0 bridgehead atoms. The number of anilines is 1. The van der Waals surface area contributed by atoms with Crippen LogP contribution < -0.4 is 5.73 Å². The van der Waals surface area contributed by atoms with Gasteiger partial charge < -0.3 is 10.5 Å². The molecule has 0 amide bonds. The van der Waals surface area contributed by atoms with Gasteiger partial charge in [0, 0.05) is 12.1 Å². The lowest BCUT2D eigenvalue weighted by atomic mass is 10.1. The zero-order chi connectivity index (χ0) is 9.68. The van der Waals surface area contributed by atoms with Gasteiger partial charge >= 0.3 is 5.97 Å². The third-order valence-electron chi connectivity index (χ3n) is 1.80. The van der Waals surface area contributed by atoms with Gasteiger partial charge in [-0.2, -0.15) is 0 Å². The second kappa shape index (κ2) is 4.50. The van der Waals surface area contributed by atoms with Crippen molar-refractivity contribution in [3.8, 4) is 0 Å². The minimum Gasteiger partial charge on any atom is -0.469 e. The third kappa shape index (κ3) is 3.15. The number of benzene rings is 1. The van der Waals surface area contributed by atoms with Gasteiger partial charge in [-0.3, -0.25) is 4.79 Å². The van der Waals surface area contributed by atoms with Gasteiger partial charge in [-0.15, -0.1) is 0 Å². The first kappa shape index (κ1) is 9.58. The molecule has 0 saturated carbocycles. The highest BCUT2D eigenvalue weighted by Crippen LogP contribution is 2.08. The van der Waals surface area contributed by atoms with Crippen LogP contribution in [0.3, 0.4) is 0 Å². The number of aryl methyl sites for hydroxylation is 1. The van der Waals surface area contributed by atoms with Gasteiger partial charge in [0.1, 0.15) is 0 Å². The molecule has 1 rings (SSSR count). The molecule has 0 heterocycles. The number of carbonyl (C=O) groups is 1. The molecular formula is C10H13NO2. The Morgan fingerprint density at radius 1 is 1.54 bits per heavy atom. The molecule has 70 valence electrons. The van der Waals surface area contributed by atoms with Crippen molar-refractivity contribution in [2.75, 3.05) is 12.8 Å². The summed E-state index contributed by atoms with van der Waals surface area (Å²) in [6, 6.07) is 7.51. The van der Waals surface area contributed by atoms with Crippen molar-refractivity contribution in [2.45, 2.75) is 12.8 Å². The maximum atomic E-state index is 10.8. The summed E-state index contributed by atoms with van der Waals surface area (Å²) in [5, 5.41) is 0. The summed E-state index contributed by atoms with van der Waals surface area (Å²) in [4.78, 5) is 10.8. The van der Waals surface area contributed by atoms with Gasteiger partial charge in [0.05, 0.1) is 7.11 Å². The molecule has 0 aliphatic heterocycles. The summed E-state index contributed by atoms with van der Waals surface area (Å²) in [7, 11) is 1.39. The Morgan fingerprint density at radius 3 is 2.92 bits per heavy atom. The highest BCUT2D eigenvalue weighted by atomic mass is 16.5. The minimum absolute atomic E-state index is 0.192. The predicted octanol–water partition coefficient (Wildman–Crippen LogP) is 1.37. The number of ether oxygens (including phenoxy) is 1. The first-order chi connectivity index (χ1) is 6.22. The molecule has 1 aromatic rings. The van der Waals surface area contributed by atoms with Gasteiger partial charge in [0.15, 0.2) is 0 Å². The number of esters is 1. The zero-order valence-electron chi connectivity index (χ0n) is 7.62. The van der Waals surface area contributed by atoms with Gasteiger partial charge in [-0.05, 0) is 24.1 Å². The SMILES string of the molecule is COC(=O)CCc1cccc(N)c1. The van der Waals surface area contributed by atoms with E-state index in [1.165, 1.54) is 7.11 Å². The molecular weight excluding hydrogens is 166 g/mol. The lowest BCUT2D eigenvalue weighted by Crippen LogP contribution is -2.02. The maximum Gasteiger partial charge on any atom is 0.305 e. The summed E-state index contributed by atoms with van der Waals surface area (Å²) in [6.45, 7) is 0. The van der Waals surface area contributed by atoms with Crippen LogP contribution in [-0.4, -0.2) is 13.1 Å². The van der Waals surface area contributed by atoms with E-state index < -0.39 is 0 Å². The molecule has 3 nitrogen and oxygen atoms in total. The molecule has 0 fully saturated rings. The van der Waals surface area contributed by atoms with Crippen molar-refractivity contribution in [1.82, 2.24) is 0 Å². The molecule has 0 atom stereocenters. The fourth-order valence-electron chi connectivity index (χ4n) is 1.10. The first-order valence-corrected chi connectivity index (χ1v) is 4.13. The lowest BCUT2D eigenvalue weighted by molar-refractivity contribution is -0.140. The van der Waals surface area contributed by atoms with Gasteiger partial charge in [0.2, 0.25) is 0 Å². The molecule has 0 unspecified atom stereocenters. The van der Waals surface area contributed by atoms with Crippen LogP contribution in [0.5, 0.6) is 0 Å². The van der Waals surface area contributed by atoms with E-state index in [0.29, 0.717) is 12.8 Å². The van der Waals surface area contributed by atoms with Crippen LogP contribution in [0.15, 0.2) is 24.3 Å². The van der Waals surface area contributed by atoms with Crippen LogP contribution >= 0.6 is 0 Å². The summed E-state index contributed by atoms with van der Waals surface area (Å²) in [5.74, 6) is -0.192. The molecule has 0 radical (unpaired) electrons. The Morgan fingerprint density at radius 2 is 2.31 bits per heavy atom. The standard InChI is InChI=1S/C10H13NO2/c1-13-10(12)6-5-8-3-2-4-9(11)7-8/h2-4,7H,5-6,11H2,1H3. The number of hydrogen-bond donors (Lipinski definition) is 1. The van der Waals surface area contributed by atoms with Crippen LogP contribution in [0, 0.1) is 0 Å². The average Bonchev–Trinajstić information content (AvgIpc) is 2.14. The summed E-state index contributed by atoms with van der Waals surface area (Å²) in [6.07, 6.45) is 1.08. The quantitative estimate of drug-likeness (QED) is 0.563. The van der Waals surface area contributed by atoms with Crippen molar-refractivity contribution in [3.05, 3.63) is 29.8 Å². The minimum atomic E-state index is -0.192. The number of nitrogen functional groups attached to an aromatic ring is 1. The van der Waals surface area contributed by atoms with Crippen molar-refractivity contribution < 1.29 is 9.53 Å². The van der Waals surface area contributed by atoms with Crippen molar-refractivity contribution in [2.24, 2.45) is 0 Å². The second-order valence-corrected chi connectivity index (χ2v) is 2.82. The fourth-order valence-corrected chi connectivity index (χ4v) is 1.10. The molecule has 0 saturated heterocycles. The van der Waals surface area contributed by atoms with Crippen molar-refractivity contribution in [3.63, 3.8) is 0 Å². The van der Waals surface area contributed by atoms with E-state index in [4.69, 9.17) is 5.73 Å². The summed E-state index contributed by atoms with van der Waals surface area (Å²) in [5.41, 5.74) is 7.37. The van der Waals surface area contributed by atoms with E-state index in [-0.39, 0.29) is 5.97 Å². The Balaban J connectivity index is 2.50. The number of nitrogens with two attached hydrogens (primary N) is 1. The number of carbonyl (C=O) groups excluding carboxylic acids is 1. The number of methoxy groups -OCH3 is 1. The van der Waals surface area contributed by atoms with Crippen molar-refractivity contribution >= 4 is 11.7 Å². The van der Waals surface area contributed by atoms with E-state index in [1.807, 2.05) is 24.3 Å². The Bertz CT molecular complexity index is 297. The first-order valence-electron chi connectivity index (χ1n) is 4.13. The fraction of sp³-hybridized carbons (Fsp3) is 0.300. The molecule has 13 heavy (non-hydrogen) atoms. The van der Waals surface area contributed by atoms with E-state index in [9.17, 15) is 4.79 Å². The monoisotopic (exact) mass is 179 g/mol. The summed E-state index contributed by atoms with van der Waals surface area (Å²) >= 11 is 0. The smallest absolute Gasteiger partial charge is 0.305 e. The van der Waals surface area contributed by atoms with Crippen LogP contribution in [-0.2, 0) is 16.0 Å².